The first-order chi connectivity index (χ1) is 16.9. The maximum atomic E-state index is 14.0. The van der Waals surface area contributed by atoms with Crippen LogP contribution in [0.1, 0.15) is 43.5 Å². The first kappa shape index (κ1) is 27.3. The van der Waals surface area contributed by atoms with E-state index in [0.29, 0.717) is 28.1 Å². The number of benzene rings is 2. The molecule has 3 atom stereocenters. The minimum absolute atomic E-state index is 0.0997. The number of terminal acetylenes is 1. The van der Waals surface area contributed by atoms with Crippen LogP contribution in [0.4, 0.5) is 4.39 Å². The number of nitrogens with zero attached hydrogens (tertiary/aromatic N) is 1. The smallest absolute Gasteiger partial charge is 0.335 e. The molecule has 0 amide bonds. The fourth-order valence-electron chi connectivity index (χ4n) is 4.49. The van der Waals surface area contributed by atoms with E-state index in [1.807, 2.05) is 44.2 Å². The number of hydrogen-bond donors (Lipinski definition) is 2. The molecular formula is C28H29FNO5P. The number of halogens is 1. The maximum absolute atomic E-state index is 14.0. The number of aromatic nitrogens is 1. The van der Waals surface area contributed by atoms with Crippen LogP contribution in [0, 0.1) is 25.1 Å². The number of aliphatic hydroxyl groups is 1. The van der Waals surface area contributed by atoms with Crippen molar-refractivity contribution in [3.8, 4) is 34.7 Å². The third kappa shape index (κ3) is 4.49. The van der Waals surface area contributed by atoms with Crippen LogP contribution in [0.3, 0.4) is 0 Å². The van der Waals surface area contributed by atoms with Crippen molar-refractivity contribution in [2.24, 2.45) is 0 Å². The van der Waals surface area contributed by atoms with Gasteiger partial charge in [0.05, 0.1) is 11.4 Å². The number of rotatable bonds is 8. The molecule has 3 unspecified atom stereocenters. The molecule has 36 heavy (non-hydrogen) atoms. The molecule has 1 heterocycles. The van der Waals surface area contributed by atoms with Gasteiger partial charge >= 0.3 is 5.97 Å². The van der Waals surface area contributed by atoms with E-state index < -0.39 is 30.6 Å². The summed E-state index contributed by atoms with van der Waals surface area (Å²) in [5, 5.41) is 19.7. The highest BCUT2D eigenvalue weighted by Crippen LogP contribution is 2.54. The zero-order valence-corrected chi connectivity index (χ0v) is 21.8. The molecule has 3 aromatic rings. The average Bonchev–Trinajstić information content (AvgIpc) is 2.83. The number of aryl methyl sites for hydroxylation is 1. The van der Waals surface area contributed by atoms with Gasteiger partial charge in [-0.25, -0.2) is 9.18 Å². The van der Waals surface area contributed by atoms with Gasteiger partial charge in [0.2, 0.25) is 13.2 Å². The molecule has 188 valence electrons. The number of aliphatic carboxylic acids is 1. The van der Waals surface area contributed by atoms with Crippen LogP contribution in [0.5, 0.6) is 0 Å². The van der Waals surface area contributed by atoms with Gasteiger partial charge in [-0.15, -0.1) is 6.42 Å². The molecule has 0 aliphatic heterocycles. The summed E-state index contributed by atoms with van der Waals surface area (Å²) in [5.41, 5.74) is 0.931. The maximum Gasteiger partial charge on any atom is 0.335 e. The van der Waals surface area contributed by atoms with Crippen molar-refractivity contribution < 1.29 is 28.5 Å². The fraction of sp³-hybridized carbons (Fsp3) is 0.286. The van der Waals surface area contributed by atoms with Crippen molar-refractivity contribution in [2.45, 2.75) is 44.4 Å². The van der Waals surface area contributed by atoms with Crippen LogP contribution in [0.25, 0.3) is 22.4 Å². The Bertz CT molecular complexity index is 1360. The highest BCUT2D eigenvalue weighted by Gasteiger charge is 2.60. The minimum atomic E-state index is -3.52. The first-order valence-corrected chi connectivity index (χ1v) is 12.6. The molecule has 0 fully saturated rings. The first-order valence-electron chi connectivity index (χ1n) is 11.3. The third-order valence-electron chi connectivity index (χ3n) is 6.39. The van der Waals surface area contributed by atoms with Crippen molar-refractivity contribution in [1.29, 1.82) is 0 Å². The topological polar surface area (TPSA) is 96.7 Å². The molecule has 0 spiro atoms. The summed E-state index contributed by atoms with van der Waals surface area (Å²) in [6.45, 7) is 6.61. The van der Waals surface area contributed by atoms with E-state index in [0.717, 1.165) is 12.7 Å². The van der Waals surface area contributed by atoms with Gasteiger partial charge in [-0.3, -0.25) is 9.55 Å². The van der Waals surface area contributed by atoms with Gasteiger partial charge in [0, 0.05) is 18.2 Å². The van der Waals surface area contributed by atoms with E-state index in [4.69, 9.17) is 15.9 Å². The standard InChI is InChI=1S/C28H29FNO5P/c1-7-28(26(31)32,36(34)35-6)27(5,33)24-22(21-14-13-20(29)15-18(21)4)16-23(30-25(24)17(2)3)19-11-9-8-10-12-19/h1,8-17,33,36H,2-6H3,(H,31,32). The highest BCUT2D eigenvalue weighted by atomic mass is 31.1. The van der Waals surface area contributed by atoms with Crippen molar-refractivity contribution in [1.82, 2.24) is 4.98 Å². The van der Waals surface area contributed by atoms with Gasteiger partial charge < -0.3 is 14.7 Å². The van der Waals surface area contributed by atoms with Crippen molar-refractivity contribution in [2.75, 3.05) is 7.11 Å². The normalized spacial score (nSPS) is 15.5. The third-order valence-corrected chi connectivity index (χ3v) is 8.22. The molecule has 0 bridgehead atoms. The summed E-state index contributed by atoms with van der Waals surface area (Å²) in [6.07, 6.45) is 5.68. The molecule has 0 saturated heterocycles. The minimum Gasteiger partial charge on any atom is -0.480 e. The van der Waals surface area contributed by atoms with E-state index >= 15 is 0 Å². The molecule has 0 radical (unpaired) electrons. The molecule has 2 N–H and O–H groups in total. The number of carbonyl (C=O) groups is 1. The summed E-state index contributed by atoms with van der Waals surface area (Å²) in [5.74, 6) is -0.320. The Kier molecular flexibility index (Phi) is 7.85. The van der Waals surface area contributed by atoms with Crippen molar-refractivity contribution in [3.63, 3.8) is 0 Å². The zero-order valence-electron chi connectivity index (χ0n) is 20.8. The number of pyridine rings is 1. The van der Waals surface area contributed by atoms with Crippen LogP contribution in [-0.2, 0) is 19.5 Å². The quantitative estimate of drug-likeness (QED) is 0.296. The molecule has 8 heteroatoms. The largest absolute Gasteiger partial charge is 0.480 e. The Balaban J connectivity index is 2.56. The summed E-state index contributed by atoms with van der Waals surface area (Å²) >= 11 is 0. The number of carboxylic acid groups (broad SMARTS) is 1. The molecule has 3 rings (SSSR count). The van der Waals surface area contributed by atoms with Gasteiger partial charge in [0.1, 0.15) is 11.4 Å². The molecule has 1 aromatic heterocycles. The van der Waals surface area contributed by atoms with Gasteiger partial charge in [0.15, 0.2) is 0 Å². The van der Waals surface area contributed by atoms with E-state index in [1.54, 1.807) is 19.1 Å². The second kappa shape index (κ2) is 10.4. The van der Waals surface area contributed by atoms with E-state index in [1.165, 1.54) is 19.1 Å². The Morgan fingerprint density at radius 3 is 2.31 bits per heavy atom. The Labute approximate surface area is 211 Å². The lowest BCUT2D eigenvalue weighted by Gasteiger charge is -2.40. The van der Waals surface area contributed by atoms with Gasteiger partial charge in [0.25, 0.3) is 0 Å². The molecular weight excluding hydrogens is 480 g/mol. The SMILES string of the molecule is C#CC(C(=O)O)([PH](=O)OC)C(C)(O)c1c(-c2ccc(F)cc2C)cc(-c2ccccc2)nc1C(C)C. The predicted octanol–water partition coefficient (Wildman–Crippen LogP) is 5.77. The van der Waals surface area contributed by atoms with Gasteiger partial charge in [-0.05, 0) is 54.7 Å². The van der Waals surface area contributed by atoms with Crippen LogP contribution < -0.4 is 0 Å². The van der Waals surface area contributed by atoms with Crippen LogP contribution >= 0.6 is 8.03 Å². The highest BCUT2D eigenvalue weighted by molar-refractivity contribution is 7.43. The predicted molar refractivity (Wildman–Crippen MR) is 139 cm³/mol. The molecule has 0 aliphatic rings. The van der Waals surface area contributed by atoms with E-state index in [2.05, 4.69) is 5.92 Å². The molecule has 2 aromatic carbocycles. The van der Waals surface area contributed by atoms with E-state index in [-0.39, 0.29) is 11.5 Å². The van der Waals surface area contributed by atoms with Crippen molar-refractivity contribution >= 4 is 14.0 Å². The Morgan fingerprint density at radius 2 is 1.81 bits per heavy atom. The Morgan fingerprint density at radius 1 is 1.17 bits per heavy atom. The lowest BCUT2D eigenvalue weighted by Crippen LogP contribution is -2.53. The zero-order chi connectivity index (χ0) is 26.8. The second-order valence-electron chi connectivity index (χ2n) is 9.06. The summed E-state index contributed by atoms with van der Waals surface area (Å²) < 4.78 is 32.0. The monoisotopic (exact) mass is 509 g/mol. The average molecular weight is 510 g/mol. The summed E-state index contributed by atoms with van der Waals surface area (Å²) in [7, 11) is -2.44. The molecule has 0 saturated carbocycles. The van der Waals surface area contributed by atoms with Gasteiger partial charge in [-0.1, -0.05) is 56.2 Å². The molecule has 6 nitrogen and oxygen atoms in total. The van der Waals surface area contributed by atoms with Crippen LogP contribution in [0.15, 0.2) is 54.6 Å². The lowest BCUT2D eigenvalue weighted by molar-refractivity contribution is -0.145. The summed E-state index contributed by atoms with van der Waals surface area (Å²) in [6, 6.07) is 15.2. The van der Waals surface area contributed by atoms with Gasteiger partial charge in [-0.2, -0.15) is 0 Å². The summed E-state index contributed by atoms with van der Waals surface area (Å²) in [4.78, 5) is 17.4. The van der Waals surface area contributed by atoms with Crippen molar-refractivity contribution in [3.05, 3.63) is 77.2 Å². The number of carboxylic acids is 1. The number of hydrogen-bond acceptors (Lipinski definition) is 5. The molecule has 0 aliphatic carbocycles. The van der Waals surface area contributed by atoms with Crippen LogP contribution in [-0.4, -0.2) is 33.4 Å². The van der Waals surface area contributed by atoms with E-state index in [9.17, 15) is 24.0 Å². The fourth-order valence-corrected chi connectivity index (χ4v) is 5.61. The Hall–Kier alpha value is -3.30. The van der Waals surface area contributed by atoms with Crippen LogP contribution in [0.2, 0.25) is 0 Å². The lowest BCUT2D eigenvalue weighted by atomic mass is 9.75. The second-order valence-corrected chi connectivity index (χ2v) is 10.8.